The smallest absolute Gasteiger partial charge is 0.000815 e. The van der Waals surface area contributed by atoms with E-state index in [1.165, 1.54) is 37.7 Å². The number of rotatable bonds is 6. The lowest BCUT2D eigenvalue weighted by Gasteiger charge is -2.55. The topological polar surface area (TPSA) is 38.0 Å². The Morgan fingerprint density at radius 2 is 2.04 bits per heavy atom. The van der Waals surface area contributed by atoms with Crippen LogP contribution in [-0.2, 0) is 11.8 Å². The van der Waals surface area contributed by atoms with Crippen LogP contribution in [0.3, 0.4) is 0 Å². The zero-order chi connectivity index (χ0) is 18.1. The predicted octanol–water partition coefficient (Wildman–Crippen LogP) is 4.76. The summed E-state index contributed by atoms with van der Waals surface area (Å²) in [6.07, 6.45) is 7.76. The zero-order valence-electron chi connectivity index (χ0n) is 16.8. The molecule has 3 atom stereocenters. The Bertz CT molecular complexity index is 594. The first kappa shape index (κ1) is 18.9. The molecular weight excluding hydrogens is 304 g/mol. The monoisotopic (exact) mass is 342 g/mol. The molecule has 1 aromatic rings. The van der Waals surface area contributed by atoms with Crippen LogP contribution in [0.1, 0.15) is 82.4 Å². The maximum atomic E-state index is 5.65. The van der Waals surface area contributed by atoms with Gasteiger partial charge in [-0.25, -0.2) is 0 Å². The highest BCUT2D eigenvalue weighted by molar-refractivity contribution is 5.42. The van der Waals surface area contributed by atoms with E-state index in [-0.39, 0.29) is 0 Å². The van der Waals surface area contributed by atoms with Crippen molar-refractivity contribution in [1.29, 1.82) is 0 Å². The van der Waals surface area contributed by atoms with Crippen molar-refractivity contribution in [3.63, 3.8) is 0 Å². The molecule has 0 bridgehead atoms. The van der Waals surface area contributed by atoms with Crippen molar-refractivity contribution in [2.75, 3.05) is 19.6 Å². The molecule has 3 rings (SSSR count). The third kappa shape index (κ3) is 3.53. The highest BCUT2D eigenvalue weighted by atomic mass is 14.9. The molecule has 1 saturated carbocycles. The summed E-state index contributed by atoms with van der Waals surface area (Å²) in [4.78, 5) is 0. The third-order valence-corrected chi connectivity index (χ3v) is 7.25. The number of hydrogen-bond donors (Lipinski definition) is 2. The van der Waals surface area contributed by atoms with Crippen LogP contribution in [0, 0.1) is 11.3 Å². The minimum Gasteiger partial charge on any atom is -0.330 e. The van der Waals surface area contributed by atoms with Gasteiger partial charge in [-0.2, -0.15) is 0 Å². The Morgan fingerprint density at radius 3 is 2.76 bits per heavy atom. The summed E-state index contributed by atoms with van der Waals surface area (Å²) in [5, 5.41) is 3.71. The van der Waals surface area contributed by atoms with Crippen molar-refractivity contribution in [1.82, 2.24) is 5.32 Å². The molecule has 2 aliphatic rings. The van der Waals surface area contributed by atoms with E-state index in [0.717, 1.165) is 32.0 Å². The second-order valence-corrected chi connectivity index (χ2v) is 9.41. The first-order valence-corrected chi connectivity index (χ1v) is 10.4. The van der Waals surface area contributed by atoms with Gasteiger partial charge in [0.05, 0.1) is 0 Å². The molecule has 140 valence electrons. The van der Waals surface area contributed by atoms with Crippen molar-refractivity contribution >= 4 is 0 Å². The average molecular weight is 343 g/mol. The lowest BCUT2D eigenvalue weighted by atomic mass is 9.49. The number of aryl methyl sites for hydroxylation is 1. The molecule has 0 saturated heterocycles. The molecule has 0 aromatic heterocycles. The summed E-state index contributed by atoms with van der Waals surface area (Å²) in [6.45, 7) is 12.7. The number of benzene rings is 1. The average Bonchev–Trinajstić information content (AvgIpc) is 2.58. The maximum Gasteiger partial charge on any atom is 0.000815 e. The van der Waals surface area contributed by atoms with Gasteiger partial charge < -0.3 is 11.1 Å². The molecule has 0 amide bonds. The van der Waals surface area contributed by atoms with Gasteiger partial charge in [0.2, 0.25) is 0 Å². The van der Waals surface area contributed by atoms with Gasteiger partial charge in [-0.1, -0.05) is 52.3 Å². The number of nitrogens with one attached hydrogen (secondary N) is 1. The van der Waals surface area contributed by atoms with Crippen LogP contribution >= 0.6 is 0 Å². The Hall–Kier alpha value is -0.860. The third-order valence-electron chi connectivity index (χ3n) is 7.25. The molecule has 0 aliphatic heterocycles. The molecule has 2 nitrogen and oxygen atoms in total. The van der Waals surface area contributed by atoms with Crippen LogP contribution in [0.5, 0.6) is 0 Å². The van der Waals surface area contributed by atoms with Gasteiger partial charge in [-0.05, 0) is 84.5 Å². The van der Waals surface area contributed by atoms with E-state index in [9.17, 15) is 0 Å². The second-order valence-electron chi connectivity index (χ2n) is 9.41. The van der Waals surface area contributed by atoms with Gasteiger partial charge in [0, 0.05) is 6.54 Å². The largest absolute Gasteiger partial charge is 0.330 e. The molecule has 25 heavy (non-hydrogen) atoms. The van der Waals surface area contributed by atoms with E-state index >= 15 is 0 Å². The lowest BCUT2D eigenvalue weighted by molar-refractivity contribution is 0.0260. The van der Waals surface area contributed by atoms with E-state index < -0.39 is 0 Å². The van der Waals surface area contributed by atoms with E-state index in [1.54, 1.807) is 11.1 Å². The number of nitrogens with two attached hydrogens (primary N) is 1. The Kier molecular flexibility index (Phi) is 5.60. The molecule has 1 aromatic carbocycles. The van der Waals surface area contributed by atoms with Gasteiger partial charge in [-0.3, -0.25) is 0 Å². The second kappa shape index (κ2) is 7.40. The normalized spacial score (nSPS) is 31.7. The van der Waals surface area contributed by atoms with Crippen LogP contribution in [0.25, 0.3) is 0 Å². The van der Waals surface area contributed by atoms with Crippen LogP contribution in [0.4, 0.5) is 0 Å². The van der Waals surface area contributed by atoms with Crippen molar-refractivity contribution in [2.45, 2.75) is 77.6 Å². The quantitative estimate of drug-likeness (QED) is 0.732. The Labute approximate surface area is 155 Å². The summed E-state index contributed by atoms with van der Waals surface area (Å²) in [5.41, 5.74) is 11.2. The van der Waals surface area contributed by atoms with Gasteiger partial charge >= 0.3 is 0 Å². The first-order valence-electron chi connectivity index (χ1n) is 10.4. The maximum absolute atomic E-state index is 5.65. The fraction of sp³-hybridized carbons (Fsp3) is 0.739. The van der Waals surface area contributed by atoms with E-state index in [4.69, 9.17) is 5.73 Å². The molecule has 1 fully saturated rings. The molecule has 3 N–H and O–H groups in total. The van der Waals surface area contributed by atoms with Gasteiger partial charge in [0.25, 0.3) is 0 Å². The predicted molar refractivity (Wildman–Crippen MR) is 108 cm³/mol. The van der Waals surface area contributed by atoms with Crippen LogP contribution < -0.4 is 11.1 Å². The van der Waals surface area contributed by atoms with Crippen LogP contribution in [0.2, 0.25) is 0 Å². The van der Waals surface area contributed by atoms with Crippen molar-refractivity contribution < 1.29 is 0 Å². The molecule has 2 aliphatic carbocycles. The van der Waals surface area contributed by atoms with Crippen LogP contribution in [0.15, 0.2) is 18.2 Å². The number of hydrogen-bond acceptors (Lipinski definition) is 2. The summed E-state index contributed by atoms with van der Waals surface area (Å²) in [7, 11) is 0. The van der Waals surface area contributed by atoms with Crippen LogP contribution in [-0.4, -0.2) is 19.6 Å². The first-order chi connectivity index (χ1) is 11.9. The Balaban J connectivity index is 1.85. The van der Waals surface area contributed by atoms with Crippen molar-refractivity contribution in [2.24, 2.45) is 17.1 Å². The minimum absolute atomic E-state index is 0.353. The number of fused-ring (bicyclic) bond motifs is 3. The van der Waals surface area contributed by atoms with Gasteiger partial charge in [0.15, 0.2) is 0 Å². The molecule has 0 radical (unpaired) electrons. The molecule has 0 spiro atoms. The Morgan fingerprint density at radius 1 is 1.24 bits per heavy atom. The SMILES string of the molecule is CC(C)c1ccc2c(c1)CC[C@@H]1[C@@](C)(CNCCCN)CCC[C@@]21C. The van der Waals surface area contributed by atoms with E-state index in [0.29, 0.717) is 16.7 Å². The lowest BCUT2D eigenvalue weighted by Crippen LogP contribution is -2.52. The highest BCUT2D eigenvalue weighted by Crippen LogP contribution is 2.57. The van der Waals surface area contributed by atoms with Gasteiger partial charge in [-0.15, -0.1) is 0 Å². The fourth-order valence-electron chi connectivity index (χ4n) is 5.82. The van der Waals surface area contributed by atoms with E-state index in [1.807, 2.05) is 0 Å². The molecular formula is C23H38N2. The summed E-state index contributed by atoms with van der Waals surface area (Å²) >= 11 is 0. The molecule has 0 unspecified atom stereocenters. The molecule has 0 heterocycles. The fourth-order valence-corrected chi connectivity index (χ4v) is 5.82. The van der Waals surface area contributed by atoms with Crippen molar-refractivity contribution in [3.8, 4) is 0 Å². The standard InChI is InChI=1S/C23H38N2/c1-17(2)18-7-9-20-19(15-18)8-10-21-22(3,16-25-14-6-13-24)11-5-12-23(20,21)4/h7,9,15,17,21,25H,5-6,8,10-14,16,24H2,1-4H3/t21-,22-,23+/m1/s1. The zero-order valence-corrected chi connectivity index (χ0v) is 16.8. The van der Waals surface area contributed by atoms with Crippen molar-refractivity contribution in [3.05, 3.63) is 34.9 Å². The summed E-state index contributed by atoms with van der Waals surface area (Å²) < 4.78 is 0. The summed E-state index contributed by atoms with van der Waals surface area (Å²) in [5.74, 6) is 1.41. The minimum atomic E-state index is 0.353. The van der Waals surface area contributed by atoms with Gasteiger partial charge in [0.1, 0.15) is 0 Å². The highest BCUT2D eigenvalue weighted by Gasteiger charge is 2.51. The summed E-state index contributed by atoms with van der Waals surface area (Å²) in [6, 6.07) is 7.37. The molecule has 2 heteroatoms. The van der Waals surface area contributed by atoms with E-state index in [2.05, 4.69) is 51.2 Å².